The van der Waals surface area contributed by atoms with Crippen molar-refractivity contribution in [3.8, 4) is 5.82 Å². The average Bonchev–Trinajstić information content (AvgIpc) is 2.71. The Morgan fingerprint density at radius 2 is 2.06 bits per heavy atom. The molecule has 3 rings (SSSR count). The van der Waals surface area contributed by atoms with Crippen LogP contribution in [0.4, 0.5) is 0 Å². The molecular formula is C12H13ClN4. The monoisotopic (exact) mass is 248 g/mol. The summed E-state index contributed by atoms with van der Waals surface area (Å²) in [5.74, 6) is 0.818. The van der Waals surface area contributed by atoms with Gasteiger partial charge in [-0.15, -0.1) is 0 Å². The average molecular weight is 249 g/mol. The van der Waals surface area contributed by atoms with Crippen LogP contribution < -0.4 is 0 Å². The van der Waals surface area contributed by atoms with Gasteiger partial charge in [0.15, 0.2) is 0 Å². The van der Waals surface area contributed by atoms with Crippen molar-refractivity contribution in [3.63, 3.8) is 0 Å². The number of aryl methyl sites for hydroxylation is 2. The van der Waals surface area contributed by atoms with E-state index >= 15 is 0 Å². The molecule has 0 spiro atoms. The van der Waals surface area contributed by atoms with Crippen LogP contribution in [0.25, 0.3) is 5.82 Å². The summed E-state index contributed by atoms with van der Waals surface area (Å²) in [5, 5.41) is 0.290. The Morgan fingerprint density at radius 3 is 2.88 bits per heavy atom. The molecule has 0 saturated carbocycles. The van der Waals surface area contributed by atoms with Gasteiger partial charge in [0.1, 0.15) is 12.1 Å². The largest absolute Gasteiger partial charge is 0.287 e. The molecule has 4 nitrogen and oxygen atoms in total. The van der Waals surface area contributed by atoms with Crippen molar-refractivity contribution < 1.29 is 0 Å². The van der Waals surface area contributed by atoms with Gasteiger partial charge in [0.05, 0.1) is 5.69 Å². The van der Waals surface area contributed by atoms with Crippen molar-refractivity contribution >= 4 is 11.6 Å². The molecule has 0 fully saturated rings. The second-order valence-corrected chi connectivity index (χ2v) is 4.69. The van der Waals surface area contributed by atoms with Crippen LogP contribution in [-0.4, -0.2) is 19.5 Å². The van der Waals surface area contributed by atoms with Gasteiger partial charge >= 0.3 is 0 Å². The quantitative estimate of drug-likeness (QED) is 0.729. The van der Waals surface area contributed by atoms with Crippen molar-refractivity contribution in [1.82, 2.24) is 19.5 Å². The minimum absolute atomic E-state index is 0.290. The van der Waals surface area contributed by atoms with Crippen LogP contribution in [0.15, 0.2) is 12.4 Å². The summed E-state index contributed by atoms with van der Waals surface area (Å²) < 4.78 is 2.04. The van der Waals surface area contributed by atoms with Crippen LogP contribution >= 0.6 is 11.6 Å². The Kier molecular flexibility index (Phi) is 2.59. The molecule has 0 saturated heterocycles. The molecule has 17 heavy (non-hydrogen) atoms. The summed E-state index contributed by atoms with van der Waals surface area (Å²) in [4.78, 5) is 12.8. The Labute approximate surface area is 105 Å². The lowest BCUT2D eigenvalue weighted by Gasteiger charge is -2.13. The van der Waals surface area contributed by atoms with Gasteiger partial charge in [0.25, 0.3) is 0 Å². The molecule has 0 N–H and O–H groups in total. The lowest BCUT2D eigenvalue weighted by molar-refractivity contribution is 0.654. The van der Waals surface area contributed by atoms with E-state index in [0.29, 0.717) is 5.28 Å². The normalized spacial score (nSPS) is 14.7. The predicted molar refractivity (Wildman–Crippen MR) is 65.5 cm³/mol. The van der Waals surface area contributed by atoms with Crippen molar-refractivity contribution in [2.45, 2.75) is 32.6 Å². The predicted octanol–water partition coefficient (Wildman–Crippen LogP) is 2.50. The summed E-state index contributed by atoms with van der Waals surface area (Å²) in [5.41, 5.74) is 3.34. The van der Waals surface area contributed by atoms with Crippen molar-refractivity contribution in [2.75, 3.05) is 0 Å². The SMILES string of the molecule is Cc1cc(-n2cnc3c2CCCC3)nc(Cl)n1. The molecule has 1 aliphatic carbocycles. The first-order valence-electron chi connectivity index (χ1n) is 5.81. The molecule has 2 heterocycles. The van der Waals surface area contributed by atoms with Crippen LogP contribution in [0.1, 0.15) is 29.9 Å². The van der Waals surface area contributed by atoms with Gasteiger partial charge in [-0.1, -0.05) is 0 Å². The van der Waals surface area contributed by atoms with Gasteiger partial charge in [-0.2, -0.15) is 4.98 Å². The first-order valence-corrected chi connectivity index (χ1v) is 6.18. The van der Waals surface area contributed by atoms with E-state index in [4.69, 9.17) is 11.6 Å². The van der Waals surface area contributed by atoms with Gasteiger partial charge in [-0.05, 0) is 44.2 Å². The van der Waals surface area contributed by atoms with E-state index in [1.165, 1.54) is 24.2 Å². The fourth-order valence-electron chi connectivity index (χ4n) is 2.31. The van der Waals surface area contributed by atoms with E-state index < -0.39 is 0 Å². The van der Waals surface area contributed by atoms with Crippen LogP contribution in [0.3, 0.4) is 0 Å². The Morgan fingerprint density at radius 1 is 1.24 bits per heavy atom. The number of nitrogens with zero attached hydrogens (tertiary/aromatic N) is 4. The molecule has 5 heteroatoms. The molecular weight excluding hydrogens is 236 g/mol. The van der Waals surface area contributed by atoms with Crippen LogP contribution in [0, 0.1) is 6.92 Å². The summed E-state index contributed by atoms with van der Waals surface area (Å²) in [6.07, 6.45) is 6.42. The molecule has 0 radical (unpaired) electrons. The lowest BCUT2D eigenvalue weighted by Crippen LogP contribution is -2.08. The Bertz CT molecular complexity index is 541. The van der Waals surface area contributed by atoms with E-state index in [2.05, 4.69) is 15.0 Å². The number of hydrogen-bond acceptors (Lipinski definition) is 3. The molecule has 0 aliphatic heterocycles. The van der Waals surface area contributed by atoms with E-state index in [1.807, 2.05) is 23.9 Å². The van der Waals surface area contributed by atoms with Gasteiger partial charge in [-0.3, -0.25) is 4.57 Å². The number of hydrogen-bond donors (Lipinski definition) is 0. The molecule has 0 atom stereocenters. The minimum atomic E-state index is 0.290. The molecule has 0 bridgehead atoms. The van der Waals surface area contributed by atoms with E-state index in [0.717, 1.165) is 24.4 Å². The number of halogens is 1. The summed E-state index contributed by atoms with van der Waals surface area (Å²) in [6, 6.07) is 1.93. The fourth-order valence-corrected chi connectivity index (χ4v) is 2.53. The minimum Gasteiger partial charge on any atom is -0.287 e. The number of rotatable bonds is 1. The molecule has 1 aliphatic rings. The van der Waals surface area contributed by atoms with Gasteiger partial charge < -0.3 is 0 Å². The molecule has 2 aromatic rings. The number of fused-ring (bicyclic) bond motifs is 1. The smallest absolute Gasteiger partial charge is 0.224 e. The standard InChI is InChI=1S/C12H13ClN4/c1-8-6-11(16-12(13)15-8)17-7-14-9-4-2-3-5-10(9)17/h6-7H,2-5H2,1H3. The summed E-state index contributed by atoms with van der Waals surface area (Å²) in [7, 11) is 0. The Hall–Kier alpha value is -1.42. The van der Waals surface area contributed by atoms with Gasteiger partial charge in [0, 0.05) is 17.5 Å². The number of imidazole rings is 1. The van der Waals surface area contributed by atoms with Gasteiger partial charge in [-0.25, -0.2) is 9.97 Å². The summed E-state index contributed by atoms with van der Waals surface area (Å²) in [6.45, 7) is 1.92. The first-order chi connectivity index (χ1) is 8.24. The highest BCUT2D eigenvalue weighted by molar-refractivity contribution is 6.28. The molecule has 0 unspecified atom stereocenters. The third-order valence-corrected chi connectivity index (χ3v) is 3.26. The molecule has 0 aromatic carbocycles. The van der Waals surface area contributed by atoms with Crippen molar-refractivity contribution in [3.05, 3.63) is 34.8 Å². The zero-order valence-electron chi connectivity index (χ0n) is 9.65. The second kappa shape index (κ2) is 4.11. The second-order valence-electron chi connectivity index (χ2n) is 4.35. The van der Waals surface area contributed by atoms with Crippen molar-refractivity contribution in [2.24, 2.45) is 0 Å². The number of aromatic nitrogens is 4. The van der Waals surface area contributed by atoms with Crippen LogP contribution in [0.5, 0.6) is 0 Å². The van der Waals surface area contributed by atoms with Crippen LogP contribution in [0.2, 0.25) is 5.28 Å². The highest BCUT2D eigenvalue weighted by Crippen LogP contribution is 2.22. The van der Waals surface area contributed by atoms with E-state index in [-0.39, 0.29) is 0 Å². The topological polar surface area (TPSA) is 43.6 Å². The first kappa shape index (κ1) is 10.7. The zero-order chi connectivity index (χ0) is 11.8. The van der Waals surface area contributed by atoms with Gasteiger partial charge in [0.2, 0.25) is 5.28 Å². The van der Waals surface area contributed by atoms with E-state index in [9.17, 15) is 0 Å². The zero-order valence-corrected chi connectivity index (χ0v) is 10.4. The van der Waals surface area contributed by atoms with Crippen LogP contribution in [-0.2, 0) is 12.8 Å². The highest BCUT2D eigenvalue weighted by atomic mass is 35.5. The molecule has 88 valence electrons. The fraction of sp³-hybridized carbons (Fsp3) is 0.417. The Balaban J connectivity index is 2.11. The maximum absolute atomic E-state index is 5.89. The highest BCUT2D eigenvalue weighted by Gasteiger charge is 2.17. The maximum atomic E-state index is 5.89. The van der Waals surface area contributed by atoms with E-state index in [1.54, 1.807) is 0 Å². The molecule has 0 amide bonds. The summed E-state index contributed by atoms with van der Waals surface area (Å²) >= 11 is 5.89. The van der Waals surface area contributed by atoms with Crippen molar-refractivity contribution in [1.29, 1.82) is 0 Å². The lowest BCUT2D eigenvalue weighted by atomic mass is 10.0. The third kappa shape index (κ3) is 1.93. The third-order valence-electron chi connectivity index (χ3n) is 3.09. The molecule has 2 aromatic heterocycles. The maximum Gasteiger partial charge on any atom is 0.224 e.